The maximum atomic E-state index is 9.51. The molecule has 1 saturated carbocycles. The SMILES string of the molecule is OC1CCC(NCCc2cccc3cccnc23)CC1. The van der Waals surface area contributed by atoms with Crippen molar-refractivity contribution >= 4 is 10.9 Å². The Kier molecular flexibility index (Phi) is 4.28. The molecule has 0 spiro atoms. The number of nitrogens with zero attached hydrogens (tertiary/aromatic N) is 1. The number of rotatable bonds is 4. The van der Waals surface area contributed by atoms with Gasteiger partial charge in [0.25, 0.3) is 0 Å². The molecule has 3 nitrogen and oxygen atoms in total. The van der Waals surface area contributed by atoms with Crippen molar-refractivity contribution in [3.8, 4) is 0 Å². The van der Waals surface area contributed by atoms with E-state index in [-0.39, 0.29) is 6.10 Å². The fourth-order valence-corrected chi connectivity index (χ4v) is 3.06. The van der Waals surface area contributed by atoms with Gasteiger partial charge in [0, 0.05) is 17.6 Å². The number of aliphatic hydroxyl groups is 1. The van der Waals surface area contributed by atoms with Gasteiger partial charge in [-0.3, -0.25) is 4.98 Å². The van der Waals surface area contributed by atoms with Crippen LogP contribution in [0.15, 0.2) is 36.5 Å². The zero-order valence-corrected chi connectivity index (χ0v) is 11.8. The van der Waals surface area contributed by atoms with Crippen LogP contribution in [0.5, 0.6) is 0 Å². The summed E-state index contributed by atoms with van der Waals surface area (Å²) in [6.45, 7) is 0.983. The van der Waals surface area contributed by atoms with Crippen LogP contribution in [0.4, 0.5) is 0 Å². The Morgan fingerprint density at radius 1 is 1.10 bits per heavy atom. The number of hydrogen-bond donors (Lipinski definition) is 2. The standard InChI is InChI=1S/C17H22N2O/c20-16-8-6-15(7-9-16)18-12-10-14-4-1-3-13-5-2-11-19-17(13)14/h1-5,11,15-16,18,20H,6-10,12H2. The molecular formula is C17H22N2O. The molecule has 3 heteroatoms. The Morgan fingerprint density at radius 2 is 1.90 bits per heavy atom. The highest BCUT2D eigenvalue weighted by Crippen LogP contribution is 2.19. The molecule has 0 amide bonds. The van der Waals surface area contributed by atoms with E-state index in [0.717, 1.165) is 44.2 Å². The fourth-order valence-electron chi connectivity index (χ4n) is 3.06. The molecular weight excluding hydrogens is 248 g/mol. The zero-order chi connectivity index (χ0) is 13.8. The third-order valence-corrected chi connectivity index (χ3v) is 4.24. The average molecular weight is 270 g/mol. The molecule has 0 atom stereocenters. The first kappa shape index (κ1) is 13.5. The molecule has 20 heavy (non-hydrogen) atoms. The molecule has 1 heterocycles. The van der Waals surface area contributed by atoms with Crippen molar-refractivity contribution in [2.45, 2.75) is 44.2 Å². The second-order valence-corrected chi connectivity index (χ2v) is 5.70. The second kappa shape index (κ2) is 6.33. The Labute approximate surface area is 120 Å². The van der Waals surface area contributed by atoms with Crippen molar-refractivity contribution < 1.29 is 5.11 Å². The number of hydrogen-bond acceptors (Lipinski definition) is 3. The predicted octanol–water partition coefficient (Wildman–Crippen LogP) is 2.67. The quantitative estimate of drug-likeness (QED) is 0.898. The lowest BCUT2D eigenvalue weighted by molar-refractivity contribution is 0.117. The van der Waals surface area contributed by atoms with Gasteiger partial charge < -0.3 is 10.4 Å². The number of pyridine rings is 1. The fraction of sp³-hybridized carbons (Fsp3) is 0.471. The number of nitrogens with one attached hydrogen (secondary N) is 1. The van der Waals surface area contributed by atoms with E-state index in [1.807, 2.05) is 12.3 Å². The van der Waals surface area contributed by atoms with Crippen LogP contribution < -0.4 is 5.32 Å². The van der Waals surface area contributed by atoms with Crippen LogP contribution in [0.3, 0.4) is 0 Å². The summed E-state index contributed by atoms with van der Waals surface area (Å²) in [7, 11) is 0. The van der Waals surface area contributed by atoms with E-state index in [0.29, 0.717) is 6.04 Å². The third kappa shape index (κ3) is 3.17. The topological polar surface area (TPSA) is 45.1 Å². The van der Waals surface area contributed by atoms with E-state index in [1.54, 1.807) is 0 Å². The Hall–Kier alpha value is -1.45. The first-order chi connectivity index (χ1) is 9.83. The molecule has 2 aromatic rings. The number of aliphatic hydroxyl groups excluding tert-OH is 1. The van der Waals surface area contributed by atoms with Gasteiger partial charge in [0.15, 0.2) is 0 Å². The number of para-hydroxylation sites is 1. The molecule has 1 aliphatic carbocycles. The minimum absolute atomic E-state index is 0.0738. The van der Waals surface area contributed by atoms with Crippen LogP contribution in [-0.2, 0) is 6.42 Å². The van der Waals surface area contributed by atoms with Gasteiger partial charge in [0.05, 0.1) is 11.6 Å². The third-order valence-electron chi connectivity index (χ3n) is 4.24. The minimum atomic E-state index is -0.0738. The first-order valence-electron chi connectivity index (χ1n) is 7.57. The molecule has 0 bridgehead atoms. The van der Waals surface area contributed by atoms with Crippen LogP contribution in [0, 0.1) is 0 Å². The first-order valence-corrected chi connectivity index (χ1v) is 7.57. The minimum Gasteiger partial charge on any atom is -0.393 e. The smallest absolute Gasteiger partial charge is 0.0734 e. The van der Waals surface area contributed by atoms with E-state index in [4.69, 9.17) is 0 Å². The summed E-state index contributed by atoms with van der Waals surface area (Å²) in [5.41, 5.74) is 2.43. The summed E-state index contributed by atoms with van der Waals surface area (Å²) in [4.78, 5) is 4.50. The van der Waals surface area contributed by atoms with E-state index < -0.39 is 0 Å². The van der Waals surface area contributed by atoms with E-state index in [2.05, 4.69) is 34.6 Å². The van der Waals surface area contributed by atoms with Gasteiger partial charge in [0.2, 0.25) is 0 Å². The normalized spacial score (nSPS) is 23.1. The van der Waals surface area contributed by atoms with E-state index >= 15 is 0 Å². The van der Waals surface area contributed by atoms with Crippen molar-refractivity contribution in [2.24, 2.45) is 0 Å². The van der Waals surface area contributed by atoms with Crippen molar-refractivity contribution in [3.05, 3.63) is 42.1 Å². The Bertz CT molecular complexity index is 556. The van der Waals surface area contributed by atoms with Crippen LogP contribution in [-0.4, -0.2) is 28.8 Å². The van der Waals surface area contributed by atoms with Gasteiger partial charge in [-0.05, 0) is 50.3 Å². The molecule has 3 rings (SSSR count). The molecule has 1 aromatic carbocycles. The number of benzene rings is 1. The van der Waals surface area contributed by atoms with Gasteiger partial charge in [-0.25, -0.2) is 0 Å². The molecule has 106 valence electrons. The summed E-state index contributed by atoms with van der Waals surface area (Å²) in [5.74, 6) is 0. The summed E-state index contributed by atoms with van der Waals surface area (Å²) in [6.07, 6.45) is 6.86. The highest BCUT2D eigenvalue weighted by atomic mass is 16.3. The monoisotopic (exact) mass is 270 g/mol. The maximum Gasteiger partial charge on any atom is 0.0734 e. The number of fused-ring (bicyclic) bond motifs is 1. The van der Waals surface area contributed by atoms with Crippen molar-refractivity contribution in [1.29, 1.82) is 0 Å². The molecule has 0 unspecified atom stereocenters. The lowest BCUT2D eigenvalue weighted by Gasteiger charge is -2.26. The van der Waals surface area contributed by atoms with Gasteiger partial charge >= 0.3 is 0 Å². The predicted molar refractivity (Wildman–Crippen MR) is 81.7 cm³/mol. The summed E-state index contributed by atoms with van der Waals surface area (Å²) in [6, 6.07) is 11.1. The van der Waals surface area contributed by atoms with Crippen LogP contribution in [0.1, 0.15) is 31.2 Å². The Balaban J connectivity index is 1.57. The maximum absolute atomic E-state index is 9.51. The lowest BCUT2D eigenvalue weighted by Crippen LogP contribution is -2.35. The zero-order valence-electron chi connectivity index (χ0n) is 11.8. The van der Waals surface area contributed by atoms with Crippen LogP contribution in [0.25, 0.3) is 10.9 Å². The van der Waals surface area contributed by atoms with Gasteiger partial charge in [0.1, 0.15) is 0 Å². The summed E-state index contributed by atoms with van der Waals surface area (Å²) < 4.78 is 0. The van der Waals surface area contributed by atoms with Crippen molar-refractivity contribution in [1.82, 2.24) is 10.3 Å². The summed E-state index contributed by atoms with van der Waals surface area (Å²) in [5, 5.41) is 14.3. The second-order valence-electron chi connectivity index (χ2n) is 5.70. The number of aromatic nitrogens is 1. The largest absolute Gasteiger partial charge is 0.393 e. The summed E-state index contributed by atoms with van der Waals surface area (Å²) >= 11 is 0. The van der Waals surface area contributed by atoms with Crippen LogP contribution >= 0.6 is 0 Å². The Morgan fingerprint density at radius 3 is 2.75 bits per heavy atom. The van der Waals surface area contributed by atoms with Crippen molar-refractivity contribution in [2.75, 3.05) is 6.54 Å². The highest BCUT2D eigenvalue weighted by Gasteiger charge is 2.18. The van der Waals surface area contributed by atoms with Gasteiger partial charge in [-0.1, -0.05) is 24.3 Å². The molecule has 1 fully saturated rings. The lowest BCUT2D eigenvalue weighted by atomic mass is 9.93. The molecule has 0 radical (unpaired) electrons. The van der Waals surface area contributed by atoms with Crippen molar-refractivity contribution in [3.63, 3.8) is 0 Å². The molecule has 0 aliphatic heterocycles. The van der Waals surface area contributed by atoms with E-state index in [1.165, 1.54) is 10.9 Å². The average Bonchev–Trinajstić information content (AvgIpc) is 2.49. The highest BCUT2D eigenvalue weighted by molar-refractivity contribution is 5.81. The molecule has 2 N–H and O–H groups in total. The molecule has 1 aliphatic rings. The molecule has 1 aromatic heterocycles. The van der Waals surface area contributed by atoms with E-state index in [9.17, 15) is 5.11 Å². The van der Waals surface area contributed by atoms with Crippen LogP contribution in [0.2, 0.25) is 0 Å². The van der Waals surface area contributed by atoms with Gasteiger partial charge in [-0.15, -0.1) is 0 Å². The molecule has 0 saturated heterocycles. The van der Waals surface area contributed by atoms with Gasteiger partial charge in [-0.2, -0.15) is 0 Å².